The van der Waals surface area contributed by atoms with Crippen molar-refractivity contribution < 1.29 is 9.84 Å². The van der Waals surface area contributed by atoms with Crippen molar-refractivity contribution in [1.82, 2.24) is 9.78 Å². The second-order valence-corrected chi connectivity index (χ2v) is 2.34. The lowest BCUT2D eigenvalue weighted by molar-refractivity contribution is 0.0514. The van der Waals surface area contributed by atoms with Crippen LogP contribution in [0, 0.1) is 0 Å². The molecule has 1 atom stereocenters. The molecule has 1 unspecified atom stereocenters. The third-order valence-corrected chi connectivity index (χ3v) is 1.32. The Morgan fingerprint density at radius 3 is 3.09 bits per heavy atom. The van der Waals surface area contributed by atoms with E-state index in [2.05, 4.69) is 5.10 Å². The second kappa shape index (κ2) is 4.10. The number of hydrogen-bond acceptors (Lipinski definition) is 3. The van der Waals surface area contributed by atoms with Crippen LogP contribution in [0.2, 0.25) is 0 Å². The molecule has 0 spiro atoms. The highest BCUT2D eigenvalue weighted by Crippen LogP contribution is 1.90. The predicted molar refractivity (Wildman–Crippen MR) is 40.1 cm³/mol. The van der Waals surface area contributed by atoms with Crippen LogP contribution < -0.4 is 0 Å². The Bertz CT molecular complexity index is 186. The van der Waals surface area contributed by atoms with Crippen molar-refractivity contribution in [2.75, 3.05) is 13.7 Å². The van der Waals surface area contributed by atoms with Crippen LogP contribution in [-0.2, 0) is 11.3 Å². The van der Waals surface area contributed by atoms with Gasteiger partial charge in [0.25, 0.3) is 0 Å². The van der Waals surface area contributed by atoms with Gasteiger partial charge in [0, 0.05) is 19.5 Å². The first-order valence-corrected chi connectivity index (χ1v) is 3.47. The Kier molecular flexibility index (Phi) is 3.07. The first kappa shape index (κ1) is 8.23. The molecule has 0 radical (unpaired) electrons. The Morgan fingerprint density at radius 1 is 1.73 bits per heavy atom. The fraction of sp³-hybridized carbons (Fsp3) is 0.571. The zero-order valence-electron chi connectivity index (χ0n) is 6.47. The minimum absolute atomic E-state index is 0.347. The van der Waals surface area contributed by atoms with Crippen molar-refractivity contribution in [3.63, 3.8) is 0 Å². The molecule has 1 N–H and O–H groups in total. The molecule has 1 heterocycles. The molecule has 0 aromatic carbocycles. The summed E-state index contributed by atoms with van der Waals surface area (Å²) in [7, 11) is 1.56. The number of nitrogens with zero attached hydrogens (tertiary/aromatic N) is 2. The van der Waals surface area contributed by atoms with Gasteiger partial charge in [0.15, 0.2) is 0 Å². The quantitative estimate of drug-likeness (QED) is 0.661. The van der Waals surface area contributed by atoms with Gasteiger partial charge >= 0.3 is 0 Å². The molecular weight excluding hydrogens is 144 g/mol. The number of aliphatic hydroxyl groups is 1. The first-order valence-electron chi connectivity index (χ1n) is 3.47. The lowest BCUT2D eigenvalue weighted by Gasteiger charge is -2.08. The van der Waals surface area contributed by atoms with Crippen molar-refractivity contribution in [2.24, 2.45) is 0 Å². The van der Waals surface area contributed by atoms with Gasteiger partial charge in [-0.2, -0.15) is 5.10 Å². The van der Waals surface area contributed by atoms with Crippen LogP contribution >= 0.6 is 0 Å². The lowest BCUT2D eigenvalue weighted by Crippen LogP contribution is -2.21. The Labute approximate surface area is 65.4 Å². The molecule has 0 saturated heterocycles. The number of hydrogen-bond donors (Lipinski definition) is 1. The topological polar surface area (TPSA) is 47.3 Å². The molecule has 4 heteroatoms. The van der Waals surface area contributed by atoms with Crippen LogP contribution in [0.3, 0.4) is 0 Å². The molecule has 1 aromatic rings. The lowest BCUT2D eigenvalue weighted by atomic mass is 10.4. The van der Waals surface area contributed by atoms with Gasteiger partial charge in [0.1, 0.15) is 0 Å². The number of methoxy groups -OCH3 is 1. The largest absolute Gasteiger partial charge is 0.389 e. The number of ether oxygens (including phenoxy) is 1. The van der Waals surface area contributed by atoms with Gasteiger partial charge in [0.05, 0.1) is 19.3 Å². The van der Waals surface area contributed by atoms with Crippen molar-refractivity contribution >= 4 is 0 Å². The van der Waals surface area contributed by atoms with Gasteiger partial charge in [-0.3, -0.25) is 4.68 Å². The van der Waals surface area contributed by atoms with E-state index in [-0.39, 0.29) is 0 Å². The van der Waals surface area contributed by atoms with E-state index < -0.39 is 6.10 Å². The summed E-state index contributed by atoms with van der Waals surface area (Å²) in [5, 5.41) is 13.2. The molecule has 1 rings (SSSR count). The third kappa shape index (κ3) is 2.69. The summed E-state index contributed by atoms with van der Waals surface area (Å²) < 4.78 is 6.43. The van der Waals surface area contributed by atoms with E-state index in [1.807, 2.05) is 6.07 Å². The van der Waals surface area contributed by atoms with Gasteiger partial charge in [-0.05, 0) is 6.07 Å². The van der Waals surface area contributed by atoms with E-state index in [9.17, 15) is 5.11 Å². The van der Waals surface area contributed by atoms with Crippen molar-refractivity contribution in [3.05, 3.63) is 18.5 Å². The fourth-order valence-electron chi connectivity index (χ4n) is 0.869. The monoisotopic (exact) mass is 156 g/mol. The molecule has 0 bridgehead atoms. The van der Waals surface area contributed by atoms with E-state index in [0.29, 0.717) is 13.2 Å². The molecule has 0 aliphatic carbocycles. The highest BCUT2D eigenvalue weighted by molar-refractivity contribution is 4.78. The Morgan fingerprint density at radius 2 is 2.55 bits per heavy atom. The summed E-state index contributed by atoms with van der Waals surface area (Å²) in [6.45, 7) is 0.834. The summed E-state index contributed by atoms with van der Waals surface area (Å²) in [4.78, 5) is 0. The molecular formula is C7H12N2O2. The van der Waals surface area contributed by atoms with Gasteiger partial charge in [0.2, 0.25) is 0 Å². The van der Waals surface area contributed by atoms with E-state index in [1.165, 1.54) is 0 Å². The maximum atomic E-state index is 9.24. The van der Waals surface area contributed by atoms with E-state index in [0.717, 1.165) is 0 Å². The molecule has 0 saturated carbocycles. The molecule has 11 heavy (non-hydrogen) atoms. The average molecular weight is 156 g/mol. The fourth-order valence-corrected chi connectivity index (χ4v) is 0.869. The standard InChI is InChI=1S/C7H12N2O2/c1-11-6-7(10)5-9-4-2-3-8-9/h2-4,7,10H,5-6H2,1H3. The summed E-state index contributed by atoms with van der Waals surface area (Å²) in [6.07, 6.45) is 3.01. The number of aromatic nitrogens is 2. The maximum absolute atomic E-state index is 9.24. The highest BCUT2D eigenvalue weighted by atomic mass is 16.5. The van der Waals surface area contributed by atoms with Crippen LogP contribution in [0.15, 0.2) is 18.5 Å². The maximum Gasteiger partial charge on any atom is 0.0968 e. The molecule has 1 aromatic heterocycles. The Hall–Kier alpha value is -0.870. The zero-order chi connectivity index (χ0) is 8.10. The summed E-state index contributed by atoms with van der Waals surface area (Å²) >= 11 is 0. The second-order valence-electron chi connectivity index (χ2n) is 2.34. The molecule has 0 aliphatic rings. The SMILES string of the molecule is COCC(O)Cn1cccn1. The van der Waals surface area contributed by atoms with E-state index in [1.54, 1.807) is 24.2 Å². The molecule has 62 valence electrons. The van der Waals surface area contributed by atoms with Gasteiger partial charge in [-0.15, -0.1) is 0 Å². The van der Waals surface area contributed by atoms with Crippen LogP contribution in [0.1, 0.15) is 0 Å². The highest BCUT2D eigenvalue weighted by Gasteiger charge is 2.02. The summed E-state index contributed by atoms with van der Waals surface area (Å²) in [6, 6.07) is 1.82. The summed E-state index contributed by atoms with van der Waals surface area (Å²) in [5.74, 6) is 0. The smallest absolute Gasteiger partial charge is 0.0968 e. The van der Waals surface area contributed by atoms with Gasteiger partial charge in [-0.1, -0.05) is 0 Å². The van der Waals surface area contributed by atoms with Crippen molar-refractivity contribution in [3.8, 4) is 0 Å². The summed E-state index contributed by atoms with van der Waals surface area (Å²) in [5.41, 5.74) is 0. The molecule has 0 aliphatic heterocycles. The van der Waals surface area contributed by atoms with Crippen LogP contribution in [-0.4, -0.2) is 34.7 Å². The number of rotatable bonds is 4. The van der Waals surface area contributed by atoms with Gasteiger partial charge in [-0.25, -0.2) is 0 Å². The third-order valence-electron chi connectivity index (χ3n) is 1.32. The molecule has 4 nitrogen and oxygen atoms in total. The molecule has 0 fully saturated rings. The predicted octanol–water partition coefficient (Wildman–Crippen LogP) is -0.110. The van der Waals surface area contributed by atoms with Gasteiger partial charge < -0.3 is 9.84 Å². The Balaban J connectivity index is 2.31. The van der Waals surface area contributed by atoms with Crippen LogP contribution in [0.4, 0.5) is 0 Å². The molecule has 0 amide bonds. The normalized spacial score (nSPS) is 13.3. The number of aliphatic hydroxyl groups excluding tert-OH is 1. The average Bonchev–Trinajstić information content (AvgIpc) is 2.40. The first-order chi connectivity index (χ1) is 5.33. The van der Waals surface area contributed by atoms with E-state index >= 15 is 0 Å². The van der Waals surface area contributed by atoms with Crippen molar-refractivity contribution in [1.29, 1.82) is 0 Å². The zero-order valence-corrected chi connectivity index (χ0v) is 6.47. The minimum Gasteiger partial charge on any atom is -0.389 e. The van der Waals surface area contributed by atoms with Crippen molar-refractivity contribution in [2.45, 2.75) is 12.6 Å². The minimum atomic E-state index is -0.472. The van der Waals surface area contributed by atoms with E-state index in [4.69, 9.17) is 4.74 Å². The van der Waals surface area contributed by atoms with Crippen LogP contribution in [0.25, 0.3) is 0 Å². The van der Waals surface area contributed by atoms with Crippen LogP contribution in [0.5, 0.6) is 0 Å².